The zero-order valence-corrected chi connectivity index (χ0v) is 14.3. The average molecular weight is 328 g/mol. The topological polar surface area (TPSA) is 95.9 Å². The number of hydrogen-bond donors (Lipinski definition) is 2. The van der Waals surface area contributed by atoms with Gasteiger partial charge in [-0.1, -0.05) is 13.8 Å². The molecule has 132 valence electrons. The van der Waals surface area contributed by atoms with Gasteiger partial charge in [0.2, 0.25) is 11.8 Å². The van der Waals surface area contributed by atoms with Gasteiger partial charge < -0.3 is 20.1 Å². The normalized spacial score (nSPS) is 21.3. The van der Waals surface area contributed by atoms with Gasteiger partial charge in [-0.3, -0.25) is 14.4 Å². The number of carbonyl (C=O) groups excluding carboxylic acids is 2. The molecule has 2 amide bonds. The molecule has 1 saturated heterocycles. The van der Waals surface area contributed by atoms with E-state index in [4.69, 9.17) is 4.74 Å². The Hall–Kier alpha value is -1.63. The molecule has 0 spiro atoms. The van der Waals surface area contributed by atoms with Gasteiger partial charge in [0.1, 0.15) is 5.41 Å². The fourth-order valence-electron chi connectivity index (χ4n) is 2.77. The van der Waals surface area contributed by atoms with Crippen molar-refractivity contribution >= 4 is 17.8 Å². The van der Waals surface area contributed by atoms with E-state index in [1.807, 2.05) is 13.8 Å². The molecule has 1 aliphatic rings. The zero-order valence-electron chi connectivity index (χ0n) is 14.3. The fraction of sp³-hybridized carbons (Fsp3) is 0.812. The minimum atomic E-state index is -1.05. The molecule has 23 heavy (non-hydrogen) atoms. The number of methoxy groups -OCH3 is 1. The maximum absolute atomic E-state index is 12.2. The molecule has 2 N–H and O–H groups in total. The third-order valence-corrected chi connectivity index (χ3v) is 4.19. The number of carboxylic acids is 1. The first-order valence-corrected chi connectivity index (χ1v) is 8.07. The molecule has 1 atom stereocenters. The van der Waals surface area contributed by atoms with Crippen LogP contribution in [0.1, 0.15) is 39.5 Å². The van der Waals surface area contributed by atoms with Gasteiger partial charge in [0.05, 0.1) is 13.2 Å². The molecule has 0 aromatic rings. The van der Waals surface area contributed by atoms with Crippen LogP contribution in [0.4, 0.5) is 0 Å². The Kier molecular flexibility index (Phi) is 7.48. The fourth-order valence-corrected chi connectivity index (χ4v) is 2.77. The van der Waals surface area contributed by atoms with Crippen molar-refractivity contribution in [1.29, 1.82) is 0 Å². The van der Waals surface area contributed by atoms with Gasteiger partial charge in [-0.15, -0.1) is 0 Å². The Bertz CT molecular complexity index is 434. The Morgan fingerprint density at radius 3 is 2.61 bits per heavy atom. The summed E-state index contributed by atoms with van der Waals surface area (Å²) < 4.78 is 5.04. The molecular weight excluding hydrogens is 300 g/mol. The van der Waals surface area contributed by atoms with Crippen molar-refractivity contribution in [2.45, 2.75) is 39.5 Å². The molecule has 0 aromatic heterocycles. The third kappa shape index (κ3) is 5.82. The molecule has 0 saturated carbocycles. The van der Waals surface area contributed by atoms with Gasteiger partial charge in [-0.25, -0.2) is 0 Å². The Labute approximate surface area is 137 Å². The quantitative estimate of drug-likeness (QED) is 0.689. The molecule has 1 fully saturated rings. The van der Waals surface area contributed by atoms with Crippen LogP contribution in [0.5, 0.6) is 0 Å². The van der Waals surface area contributed by atoms with Crippen molar-refractivity contribution in [2.24, 2.45) is 11.3 Å². The molecule has 7 nitrogen and oxygen atoms in total. The van der Waals surface area contributed by atoms with E-state index in [0.29, 0.717) is 31.7 Å². The van der Waals surface area contributed by atoms with Crippen molar-refractivity contribution < 1.29 is 24.2 Å². The highest BCUT2D eigenvalue weighted by Gasteiger charge is 2.43. The largest absolute Gasteiger partial charge is 0.481 e. The lowest BCUT2D eigenvalue weighted by Crippen LogP contribution is -2.53. The summed E-state index contributed by atoms with van der Waals surface area (Å²) in [6.45, 7) is 4.70. The van der Waals surface area contributed by atoms with Gasteiger partial charge >= 0.3 is 5.97 Å². The molecular formula is C16H28N2O5. The first-order chi connectivity index (χ1) is 10.8. The van der Waals surface area contributed by atoms with Crippen molar-refractivity contribution in [3.05, 3.63) is 0 Å². The molecule has 1 unspecified atom stereocenters. The van der Waals surface area contributed by atoms with Crippen molar-refractivity contribution in [3.63, 3.8) is 0 Å². The monoisotopic (exact) mass is 328 g/mol. The van der Waals surface area contributed by atoms with E-state index in [1.165, 1.54) is 12.0 Å². The summed E-state index contributed by atoms with van der Waals surface area (Å²) in [5.41, 5.74) is -1.05. The summed E-state index contributed by atoms with van der Waals surface area (Å²) in [5.74, 6) is -0.906. The lowest BCUT2D eigenvalue weighted by atomic mass is 9.80. The molecule has 7 heteroatoms. The van der Waals surface area contributed by atoms with E-state index in [1.54, 1.807) is 0 Å². The van der Waals surface area contributed by atoms with Crippen LogP contribution in [0.3, 0.4) is 0 Å². The summed E-state index contributed by atoms with van der Waals surface area (Å²) in [5, 5.41) is 12.1. The molecule has 0 bridgehead atoms. The third-order valence-electron chi connectivity index (χ3n) is 4.19. The Balaban J connectivity index is 2.52. The first kappa shape index (κ1) is 19.4. The molecule has 1 rings (SSSR count). The molecule has 1 aliphatic heterocycles. The van der Waals surface area contributed by atoms with Gasteiger partial charge in [0.15, 0.2) is 0 Å². The first-order valence-electron chi connectivity index (χ1n) is 8.07. The molecule has 1 heterocycles. The summed E-state index contributed by atoms with van der Waals surface area (Å²) in [6.07, 6.45) is 2.27. The number of nitrogens with zero attached hydrogens (tertiary/aromatic N) is 1. The van der Waals surface area contributed by atoms with Crippen LogP contribution >= 0.6 is 0 Å². The summed E-state index contributed by atoms with van der Waals surface area (Å²) in [6, 6.07) is 0. The minimum Gasteiger partial charge on any atom is -0.481 e. The van der Waals surface area contributed by atoms with E-state index in [0.717, 1.165) is 6.42 Å². The van der Waals surface area contributed by atoms with Crippen LogP contribution in [-0.2, 0) is 19.1 Å². The van der Waals surface area contributed by atoms with Crippen LogP contribution in [0.25, 0.3) is 0 Å². The highest BCUT2D eigenvalue weighted by atomic mass is 16.5. The molecule has 0 aromatic carbocycles. The number of piperidine rings is 1. The number of rotatable bonds is 8. The zero-order chi connectivity index (χ0) is 17.5. The van der Waals surface area contributed by atoms with Crippen molar-refractivity contribution in [3.8, 4) is 0 Å². The highest BCUT2D eigenvalue weighted by molar-refractivity contribution is 5.85. The number of ether oxygens (including phenoxy) is 1. The predicted molar refractivity (Wildman–Crippen MR) is 84.8 cm³/mol. The SMILES string of the molecule is COCC1(C(=O)O)CCCN(C(=O)CNC(=O)CCC(C)C)C1. The van der Waals surface area contributed by atoms with Gasteiger partial charge in [-0.05, 0) is 25.2 Å². The van der Waals surface area contributed by atoms with Gasteiger partial charge in [0, 0.05) is 26.6 Å². The van der Waals surface area contributed by atoms with Gasteiger partial charge in [-0.2, -0.15) is 0 Å². The number of carbonyl (C=O) groups is 3. The lowest BCUT2D eigenvalue weighted by molar-refractivity contribution is -0.159. The van der Waals surface area contributed by atoms with E-state index in [9.17, 15) is 19.5 Å². The Morgan fingerprint density at radius 1 is 1.35 bits per heavy atom. The van der Waals surface area contributed by atoms with E-state index < -0.39 is 11.4 Å². The summed E-state index contributed by atoms with van der Waals surface area (Å²) in [4.78, 5) is 37.0. The van der Waals surface area contributed by atoms with Crippen LogP contribution in [0.2, 0.25) is 0 Å². The van der Waals surface area contributed by atoms with Crippen molar-refractivity contribution in [1.82, 2.24) is 10.2 Å². The number of likely N-dealkylation sites (tertiary alicyclic amines) is 1. The van der Waals surface area contributed by atoms with E-state index >= 15 is 0 Å². The van der Waals surface area contributed by atoms with Crippen LogP contribution in [0, 0.1) is 11.3 Å². The van der Waals surface area contributed by atoms with Gasteiger partial charge in [0.25, 0.3) is 0 Å². The summed E-state index contributed by atoms with van der Waals surface area (Å²) in [7, 11) is 1.46. The second kappa shape index (κ2) is 8.86. The van der Waals surface area contributed by atoms with Crippen molar-refractivity contribution in [2.75, 3.05) is 33.4 Å². The van der Waals surface area contributed by atoms with Crippen LogP contribution in [0.15, 0.2) is 0 Å². The lowest BCUT2D eigenvalue weighted by Gasteiger charge is -2.39. The van der Waals surface area contributed by atoms with E-state index in [2.05, 4.69) is 5.32 Å². The smallest absolute Gasteiger partial charge is 0.313 e. The standard InChI is InChI=1S/C16H28N2O5/c1-12(2)5-6-13(19)17-9-14(20)18-8-4-7-16(10-18,11-23-3)15(21)22/h12H,4-11H2,1-3H3,(H,17,19)(H,21,22). The molecule has 0 radical (unpaired) electrons. The number of amides is 2. The number of hydrogen-bond acceptors (Lipinski definition) is 4. The number of nitrogens with one attached hydrogen (secondary N) is 1. The molecule has 0 aliphatic carbocycles. The average Bonchev–Trinajstić information content (AvgIpc) is 2.50. The number of aliphatic carboxylic acids is 1. The van der Waals surface area contributed by atoms with E-state index in [-0.39, 0.29) is 31.5 Å². The predicted octanol–water partition coefficient (Wildman–Crippen LogP) is 0.879. The number of carboxylic acid groups (broad SMARTS) is 1. The second-order valence-electron chi connectivity index (χ2n) is 6.65. The summed E-state index contributed by atoms with van der Waals surface area (Å²) >= 11 is 0. The minimum absolute atomic E-state index is 0.0763. The Morgan fingerprint density at radius 2 is 2.04 bits per heavy atom. The maximum atomic E-state index is 12.2. The maximum Gasteiger partial charge on any atom is 0.313 e. The van der Waals surface area contributed by atoms with Crippen LogP contribution in [-0.4, -0.2) is 61.1 Å². The highest BCUT2D eigenvalue weighted by Crippen LogP contribution is 2.30. The van der Waals surface area contributed by atoms with Crippen LogP contribution < -0.4 is 5.32 Å². The second-order valence-corrected chi connectivity index (χ2v) is 6.65.